The van der Waals surface area contributed by atoms with Gasteiger partial charge < -0.3 is 25.2 Å². The summed E-state index contributed by atoms with van der Waals surface area (Å²) in [6.45, 7) is 4.55. The normalized spacial score (nSPS) is 16.3. The van der Waals surface area contributed by atoms with E-state index in [9.17, 15) is 23.8 Å². The summed E-state index contributed by atoms with van der Waals surface area (Å²) in [5.74, 6) is -1.40. The number of piperidine rings is 1. The van der Waals surface area contributed by atoms with Gasteiger partial charge in [0.05, 0.1) is 25.2 Å². The molecule has 0 bridgehead atoms. The molecule has 9 heteroatoms. The SMILES string of the molecule is COc1ccc2ncc(C)c([C@@H](O)CCC3(CC(=O)O)CCN(CCNc4cc(F)cc(F)c4)CC3)c2c1. The zero-order valence-electron chi connectivity index (χ0n) is 21.8. The quantitative estimate of drug-likeness (QED) is 0.311. The van der Waals surface area contributed by atoms with Crippen molar-refractivity contribution in [1.82, 2.24) is 9.88 Å². The number of benzene rings is 2. The van der Waals surface area contributed by atoms with Crippen LogP contribution in [0.4, 0.5) is 14.5 Å². The van der Waals surface area contributed by atoms with E-state index in [-0.39, 0.29) is 6.42 Å². The van der Waals surface area contributed by atoms with E-state index in [4.69, 9.17) is 4.74 Å². The summed E-state index contributed by atoms with van der Waals surface area (Å²) < 4.78 is 32.2. The van der Waals surface area contributed by atoms with Gasteiger partial charge in [0, 0.05) is 36.4 Å². The third-order valence-electron chi connectivity index (χ3n) is 7.66. The van der Waals surface area contributed by atoms with Crippen molar-refractivity contribution >= 4 is 22.6 Å². The Morgan fingerprint density at radius 2 is 1.89 bits per heavy atom. The van der Waals surface area contributed by atoms with Gasteiger partial charge in [0.25, 0.3) is 0 Å². The van der Waals surface area contributed by atoms with Gasteiger partial charge in [-0.05, 0) is 92.6 Å². The Bertz CT molecular complexity index is 1260. The van der Waals surface area contributed by atoms with Gasteiger partial charge in [0.2, 0.25) is 0 Å². The number of carbonyl (C=O) groups is 1. The molecule has 1 fully saturated rings. The van der Waals surface area contributed by atoms with Gasteiger partial charge in [-0.15, -0.1) is 0 Å². The van der Waals surface area contributed by atoms with Crippen molar-refractivity contribution in [2.24, 2.45) is 5.41 Å². The predicted molar refractivity (Wildman–Crippen MR) is 142 cm³/mol. The van der Waals surface area contributed by atoms with Gasteiger partial charge in [-0.25, -0.2) is 8.78 Å². The Morgan fingerprint density at radius 1 is 1.18 bits per heavy atom. The Labute approximate surface area is 221 Å². The zero-order valence-corrected chi connectivity index (χ0v) is 21.8. The van der Waals surface area contributed by atoms with Crippen molar-refractivity contribution in [1.29, 1.82) is 0 Å². The number of aliphatic hydroxyl groups excluding tert-OH is 1. The first kappa shape index (κ1) is 27.7. The lowest BCUT2D eigenvalue weighted by Crippen LogP contribution is -2.43. The number of aliphatic hydroxyl groups is 1. The first-order valence-corrected chi connectivity index (χ1v) is 12.9. The summed E-state index contributed by atoms with van der Waals surface area (Å²) in [5.41, 5.74) is 2.44. The number of fused-ring (bicyclic) bond motifs is 1. The second-order valence-corrected chi connectivity index (χ2v) is 10.3. The molecule has 0 spiro atoms. The number of carboxylic acid groups (broad SMARTS) is 1. The average molecular weight is 528 g/mol. The molecule has 0 aliphatic carbocycles. The van der Waals surface area contributed by atoms with Crippen molar-refractivity contribution in [3.63, 3.8) is 0 Å². The Morgan fingerprint density at radius 3 is 2.55 bits per heavy atom. The monoisotopic (exact) mass is 527 g/mol. The number of halogens is 2. The van der Waals surface area contributed by atoms with Crippen LogP contribution in [0.2, 0.25) is 0 Å². The Kier molecular flexibility index (Phi) is 8.79. The molecule has 3 N–H and O–H groups in total. The topological polar surface area (TPSA) is 94.9 Å². The van der Waals surface area contributed by atoms with E-state index in [1.54, 1.807) is 13.3 Å². The maximum absolute atomic E-state index is 13.4. The number of likely N-dealkylation sites (tertiary alicyclic amines) is 1. The highest BCUT2D eigenvalue weighted by Gasteiger charge is 2.37. The lowest BCUT2D eigenvalue weighted by atomic mass is 9.71. The number of rotatable bonds is 11. The van der Waals surface area contributed by atoms with Gasteiger partial charge >= 0.3 is 5.97 Å². The number of anilines is 1. The molecule has 38 heavy (non-hydrogen) atoms. The molecule has 7 nitrogen and oxygen atoms in total. The second-order valence-electron chi connectivity index (χ2n) is 10.3. The van der Waals surface area contributed by atoms with E-state index in [2.05, 4.69) is 15.2 Å². The highest BCUT2D eigenvalue weighted by atomic mass is 19.1. The van der Waals surface area contributed by atoms with Crippen LogP contribution in [-0.2, 0) is 4.79 Å². The lowest BCUT2D eigenvalue weighted by molar-refractivity contribution is -0.141. The smallest absolute Gasteiger partial charge is 0.303 e. The third-order valence-corrected chi connectivity index (χ3v) is 7.66. The van der Waals surface area contributed by atoms with Crippen molar-refractivity contribution < 1.29 is 28.5 Å². The van der Waals surface area contributed by atoms with Crippen LogP contribution in [-0.4, -0.2) is 59.4 Å². The number of aliphatic carboxylic acids is 1. The number of hydrogen-bond acceptors (Lipinski definition) is 6. The Balaban J connectivity index is 1.38. The number of methoxy groups -OCH3 is 1. The third kappa shape index (κ3) is 6.76. The molecule has 1 atom stereocenters. The maximum atomic E-state index is 13.4. The largest absolute Gasteiger partial charge is 0.497 e. The van der Waals surface area contributed by atoms with Gasteiger partial charge in [0.15, 0.2) is 0 Å². The number of carboxylic acids is 1. The van der Waals surface area contributed by atoms with Crippen molar-refractivity contribution in [2.75, 3.05) is 38.6 Å². The van der Waals surface area contributed by atoms with E-state index in [1.807, 2.05) is 25.1 Å². The Hall–Kier alpha value is -3.30. The van der Waals surface area contributed by atoms with Crippen molar-refractivity contribution in [3.05, 3.63) is 65.4 Å². The van der Waals surface area contributed by atoms with Gasteiger partial charge in [-0.1, -0.05) is 0 Å². The highest BCUT2D eigenvalue weighted by Crippen LogP contribution is 2.42. The summed E-state index contributed by atoms with van der Waals surface area (Å²) in [6.07, 6.45) is 3.48. The molecule has 0 radical (unpaired) electrons. The van der Waals surface area contributed by atoms with Crippen LogP contribution in [0.25, 0.3) is 10.9 Å². The van der Waals surface area contributed by atoms with Crippen molar-refractivity contribution in [3.8, 4) is 5.75 Å². The molecule has 0 amide bonds. The number of hydrogen-bond donors (Lipinski definition) is 3. The molecule has 2 heterocycles. The standard InChI is InChI=1S/C29H35F2N3O4/c1-19-18-33-25-4-3-23(38-2)16-24(25)28(19)26(35)5-6-29(17-27(36)37)7-10-34(11-8-29)12-9-32-22-14-20(30)13-21(31)15-22/h3-4,13-16,18,26,32,35H,5-12,17H2,1-2H3,(H,36,37)/t26-/m0/s1. The number of ether oxygens (including phenoxy) is 1. The minimum atomic E-state index is -0.835. The summed E-state index contributed by atoms with van der Waals surface area (Å²) >= 11 is 0. The number of nitrogens with one attached hydrogen (secondary N) is 1. The lowest BCUT2D eigenvalue weighted by Gasteiger charge is -2.41. The van der Waals surface area contributed by atoms with E-state index >= 15 is 0 Å². The molecule has 1 aliphatic rings. The van der Waals surface area contributed by atoms with Crippen molar-refractivity contribution in [2.45, 2.75) is 45.1 Å². The van der Waals surface area contributed by atoms with E-state index in [0.29, 0.717) is 50.2 Å². The molecular formula is C29H35F2N3O4. The molecule has 4 rings (SSSR count). The molecule has 2 aromatic carbocycles. The van der Waals surface area contributed by atoms with Crippen LogP contribution in [0, 0.1) is 24.0 Å². The highest BCUT2D eigenvalue weighted by molar-refractivity contribution is 5.84. The number of aromatic nitrogens is 1. The van der Waals surface area contributed by atoms with E-state index in [0.717, 1.165) is 41.2 Å². The summed E-state index contributed by atoms with van der Waals surface area (Å²) in [6, 6.07) is 8.93. The van der Waals surface area contributed by atoms with Gasteiger partial charge in [-0.2, -0.15) is 0 Å². The molecule has 1 aromatic heterocycles. The first-order chi connectivity index (χ1) is 18.2. The van der Waals surface area contributed by atoms with Gasteiger partial charge in [-0.3, -0.25) is 9.78 Å². The fourth-order valence-corrected chi connectivity index (χ4v) is 5.55. The molecule has 0 unspecified atom stereocenters. The second kappa shape index (κ2) is 12.0. The predicted octanol–water partition coefficient (Wildman–Crippen LogP) is 5.31. The molecular weight excluding hydrogens is 492 g/mol. The molecule has 0 saturated carbocycles. The average Bonchev–Trinajstić information content (AvgIpc) is 2.87. The zero-order chi connectivity index (χ0) is 27.3. The van der Waals surface area contributed by atoms with Crippen LogP contribution in [0.1, 0.15) is 49.3 Å². The number of nitrogens with zero attached hydrogens (tertiary/aromatic N) is 2. The molecule has 3 aromatic rings. The van der Waals surface area contributed by atoms with Crippen LogP contribution in [0.5, 0.6) is 5.75 Å². The summed E-state index contributed by atoms with van der Waals surface area (Å²) in [7, 11) is 1.60. The minimum Gasteiger partial charge on any atom is -0.497 e. The summed E-state index contributed by atoms with van der Waals surface area (Å²) in [5, 5.41) is 24.8. The van der Waals surface area contributed by atoms with Crippen LogP contribution in [0.15, 0.2) is 42.6 Å². The van der Waals surface area contributed by atoms with Gasteiger partial charge in [0.1, 0.15) is 17.4 Å². The molecule has 1 aliphatic heterocycles. The minimum absolute atomic E-state index is 0.0538. The van der Waals surface area contributed by atoms with E-state index in [1.165, 1.54) is 12.1 Å². The van der Waals surface area contributed by atoms with Crippen LogP contribution in [0.3, 0.4) is 0 Å². The maximum Gasteiger partial charge on any atom is 0.303 e. The first-order valence-electron chi connectivity index (χ1n) is 12.9. The number of aryl methyl sites for hydroxylation is 1. The van der Waals surface area contributed by atoms with Crippen LogP contribution < -0.4 is 10.1 Å². The molecule has 1 saturated heterocycles. The number of pyridine rings is 1. The fraction of sp³-hybridized carbons (Fsp3) is 0.448. The van der Waals surface area contributed by atoms with E-state index < -0.39 is 29.1 Å². The fourth-order valence-electron chi connectivity index (χ4n) is 5.55. The van der Waals surface area contributed by atoms with Crippen LogP contribution >= 0.6 is 0 Å². The molecule has 204 valence electrons. The summed E-state index contributed by atoms with van der Waals surface area (Å²) in [4.78, 5) is 18.5.